The lowest BCUT2D eigenvalue weighted by Crippen LogP contribution is -2.36. The van der Waals surface area contributed by atoms with Gasteiger partial charge in [0.25, 0.3) is 0 Å². The van der Waals surface area contributed by atoms with Crippen LogP contribution in [0.1, 0.15) is 71.9 Å². The monoisotopic (exact) mass is 444 g/mol. The van der Waals surface area contributed by atoms with Crippen LogP contribution in [0, 0.1) is 23.7 Å². The highest BCUT2D eigenvalue weighted by Gasteiger charge is 2.39. The minimum atomic E-state index is -0.550. The molecule has 0 N–H and O–H groups in total. The van der Waals surface area contributed by atoms with E-state index >= 15 is 0 Å². The smallest absolute Gasteiger partial charge is 0.417 e. The van der Waals surface area contributed by atoms with Crippen molar-refractivity contribution < 1.29 is 19.1 Å². The molecule has 0 spiro atoms. The molecule has 3 amide bonds. The summed E-state index contributed by atoms with van der Waals surface area (Å²) < 4.78 is 5.19. The van der Waals surface area contributed by atoms with E-state index in [-0.39, 0.29) is 36.3 Å². The second-order valence-electron chi connectivity index (χ2n) is 9.62. The van der Waals surface area contributed by atoms with E-state index in [0.29, 0.717) is 18.3 Å². The van der Waals surface area contributed by atoms with Crippen molar-refractivity contribution in [2.24, 2.45) is 23.7 Å². The zero-order valence-electron chi connectivity index (χ0n) is 20.5. The van der Waals surface area contributed by atoms with Crippen LogP contribution in [0.3, 0.4) is 0 Å². The molecule has 0 saturated carbocycles. The minimum absolute atomic E-state index is 0.0669. The molecule has 1 aromatic carbocycles. The molecule has 0 radical (unpaired) electrons. The number of cyclic esters (lactones) is 1. The van der Waals surface area contributed by atoms with E-state index in [1.807, 2.05) is 56.1 Å². The Bertz CT molecular complexity index is 766. The summed E-state index contributed by atoms with van der Waals surface area (Å²) in [4.78, 5) is 40.6. The normalized spacial score (nSPS) is 19.8. The highest BCUT2D eigenvalue weighted by molar-refractivity contribution is 5.93. The number of carbonyl (C=O) groups is 3. The van der Waals surface area contributed by atoms with Crippen molar-refractivity contribution in [3.63, 3.8) is 0 Å². The summed E-state index contributed by atoms with van der Waals surface area (Å²) in [6.45, 7) is 11.4. The number of hydrogen-bond acceptors (Lipinski definition) is 4. The number of amides is 3. The van der Waals surface area contributed by atoms with Crippen LogP contribution in [0.15, 0.2) is 30.3 Å². The SMILES string of the molecule is CC[C@@H](C)C(=O)N(C)CC[C@@H](C)C[C@H](C)[C@@H](C)CC(=O)N1C(=O)OC[C@@H]1c1ccccc1. The Morgan fingerprint density at radius 2 is 1.78 bits per heavy atom. The fourth-order valence-electron chi connectivity index (χ4n) is 4.25. The van der Waals surface area contributed by atoms with Gasteiger partial charge in [0.2, 0.25) is 11.8 Å². The van der Waals surface area contributed by atoms with Gasteiger partial charge in [-0.05, 0) is 42.6 Å². The molecule has 0 aliphatic carbocycles. The summed E-state index contributed by atoms with van der Waals surface area (Å²) in [6.07, 6.45) is 2.55. The summed E-state index contributed by atoms with van der Waals surface area (Å²) >= 11 is 0. The quantitative estimate of drug-likeness (QED) is 0.465. The van der Waals surface area contributed by atoms with Crippen molar-refractivity contribution >= 4 is 17.9 Å². The Hall–Kier alpha value is -2.37. The van der Waals surface area contributed by atoms with E-state index in [1.54, 1.807) is 0 Å². The van der Waals surface area contributed by atoms with Crippen molar-refractivity contribution in [2.75, 3.05) is 20.2 Å². The van der Waals surface area contributed by atoms with E-state index in [9.17, 15) is 14.4 Å². The third-order valence-corrected chi connectivity index (χ3v) is 6.94. The molecule has 6 heteroatoms. The van der Waals surface area contributed by atoms with Gasteiger partial charge in [-0.15, -0.1) is 0 Å². The lowest BCUT2D eigenvalue weighted by Gasteiger charge is -2.27. The molecule has 1 heterocycles. The van der Waals surface area contributed by atoms with E-state index in [2.05, 4.69) is 20.8 Å². The zero-order chi connectivity index (χ0) is 23.8. The summed E-state index contributed by atoms with van der Waals surface area (Å²) in [5.41, 5.74) is 0.914. The number of imide groups is 1. The van der Waals surface area contributed by atoms with Crippen LogP contribution in [-0.2, 0) is 14.3 Å². The van der Waals surface area contributed by atoms with Crippen molar-refractivity contribution in [3.8, 4) is 0 Å². The van der Waals surface area contributed by atoms with Gasteiger partial charge >= 0.3 is 6.09 Å². The highest BCUT2D eigenvalue weighted by atomic mass is 16.6. The van der Waals surface area contributed by atoms with Crippen LogP contribution in [-0.4, -0.2) is 47.9 Å². The van der Waals surface area contributed by atoms with Crippen LogP contribution >= 0.6 is 0 Å². The molecule has 32 heavy (non-hydrogen) atoms. The molecule has 0 unspecified atom stereocenters. The van der Waals surface area contributed by atoms with Gasteiger partial charge in [0.15, 0.2) is 0 Å². The van der Waals surface area contributed by atoms with Crippen molar-refractivity contribution in [1.82, 2.24) is 9.80 Å². The van der Waals surface area contributed by atoms with Crippen molar-refractivity contribution in [3.05, 3.63) is 35.9 Å². The molecule has 0 bridgehead atoms. The number of rotatable bonds is 11. The number of benzene rings is 1. The molecule has 178 valence electrons. The standard InChI is InChI=1S/C26H40N2O4/c1-7-19(3)25(30)27(6)14-13-18(2)15-20(4)21(5)16-24(29)28-23(17-32-26(28)31)22-11-9-8-10-12-22/h8-12,18-21,23H,7,13-17H2,1-6H3/t18-,19-,20+,21+,23-/m1/s1. The van der Waals surface area contributed by atoms with E-state index < -0.39 is 6.09 Å². The third kappa shape index (κ3) is 6.81. The lowest BCUT2D eigenvalue weighted by atomic mass is 9.84. The fourth-order valence-corrected chi connectivity index (χ4v) is 4.25. The third-order valence-electron chi connectivity index (χ3n) is 6.94. The first-order valence-electron chi connectivity index (χ1n) is 11.9. The van der Waals surface area contributed by atoms with E-state index in [0.717, 1.165) is 31.4 Å². The molecule has 0 aromatic heterocycles. The zero-order valence-corrected chi connectivity index (χ0v) is 20.5. The first kappa shape index (κ1) is 25.9. The van der Waals surface area contributed by atoms with Gasteiger partial charge in [-0.2, -0.15) is 0 Å². The maximum Gasteiger partial charge on any atom is 0.417 e. The van der Waals surface area contributed by atoms with Crippen molar-refractivity contribution in [2.45, 2.75) is 66.3 Å². The largest absolute Gasteiger partial charge is 0.446 e. The second kappa shape index (κ2) is 12.0. The molecule has 2 rings (SSSR count). The van der Waals surface area contributed by atoms with Gasteiger partial charge in [-0.25, -0.2) is 9.69 Å². The van der Waals surface area contributed by atoms with Gasteiger partial charge < -0.3 is 9.64 Å². The number of nitrogens with zero attached hydrogens (tertiary/aromatic N) is 2. The Morgan fingerprint density at radius 1 is 1.12 bits per heavy atom. The first-order chi connectivity index (χ1) is 15.1. The van der Waals surface area contributed by atoms with Crippen LogP contribution in [0.4, 0.5) is 4.79 Å². The molecule has 5 atom stereocenters. The molecule has 1 fully saturated rings. The average molecular weight is 445 g/mol. The molecule has 1 aliphatic rings. The average Bonchev–Trinajstić information content (AvgIpc) is 3.18. The van der Waals surface area contributed by atoms with Gasteiger partial charge in [0, 0.05) is 25.9 Å². The summed E-state index contributed by atoms with van der Waals surface area (Å²) in [5, 5.41) is 0. The Labute approximate surface area is 193 Å². The highest BCUT2D eigenvalue weighted by Crippen LogP contribution is 2.31. The molecular formula is C26H40N2O4. The van der Waals surface area contributed by atoms with E-state index in [4.69, 9.17) is 4.74 Å². The number of ether oxygens (including phenoxy) is 1. The molecule has 1 aliphatic heterocycles. The van der Waals surface area contributed by atoms with Crippen LogP contribution in [0.5, 0.6) is 0 Å². The van der Waals surface area contributed by atoms with Crippen LogP contribution < -0.4 is 0 Å². The number of hydrogen-bond donors (Lipinski definition) is 0. The maximum absolute atomic E-state index is 13.0. The van der Waals surface area contributed by atoms with Gasteiger partial charge in [-0.1, -0.05) is 65.0 Å². The van der Waals surface area contributed by atoms with E-state index in [1.165, 1.54) is 4.90 Å². The van der Waals surface area contributed by atoms with Gasteiger partial charge in [0.1, 0.15) is 12.6 Å². The predicted octanol–water partition coefficient (Wildman–Crippen LogP) is 5.29. The fraction of sp³-hybridized carbons (Fsp3) is 0.654. The Morgan fingerprint density at radius 3 is 2.41 bits per heavy atom. The van der Waals surface area contributed by atoms with Gasteiger partial charge in [-0.3, -0.25) is 9.59 Å². The molecular weight excluding hydrogens is 404 g/mol. The van der Waals surface area contributed by atoms with Crippen LogP contribution in [0.2, 0.25) is 0 Å². The molecule has 1 aromatic rings. The summed E-state index contributed by atoms with van der Waals surface area (Å²) in [7, 11) is 1.88. The molecule has 6 nitrogen and oxygen atoms in total. The minimum Gasteiger partial charge on any atom is -0.446 e. The van der Waals surface area contributed by atoms with Gasteiger partial charge in [0.05, 0.1) is 0 Å². The summed E-state index contributed by atoms with van der Waals surface area (Å²) in [6, 6.07) is 9.21. The lowest BCUT2D eigenvalue weighted by molar-refractivity contribution is -0.134. The first-order valence-corrected chi connectivity index (χ1v) is 11.9. The Balaban J connectivity index is 1.85. The Kier molecular flexibility index (Phi) is 9.73. The van der Waals surface area contributed by atoms with Crippen molar-refractivity contribution in [1.29, 1.82) is 0 Å². The second-order valence-corrected chi connectivity index (χ2v) is 9.62. The topological polar surface area (TPSA) is 66.9 Å². The molecule has 1 saturated heterocycles. The maximum atomic E-state index is 13.0. The van der Waals surface area contributed by atoms with Crippen LogP contribution in [0.25, 0.3) is 0 Å². The summed E-state index contributed by atoms with van der Waals surface area (Å²) in [5.74, 6) is 1.03. The predicted molar refractivity (Wildman–Crippen MR) is 126 cm³/mol. The number of carbonyl (C=O) groups excluding carboxylic acids is 3.